The molecule has 0 aromatic heterocycles. The van der Waals surface area contributed by atoms with Crippen LogP contribution in [0.25, 0.3) is 0 Å². The molecule has 4 nitrogen and oxygen atoms in total. The SMILES string of the molecule is O=COCC(F)(F)CC(F)(F)CC(F)(F)CC(=O)O. The summed E-state index contributed by atoms with van der Waals surface area (Å²) < 4.78 is 80.8. The Balaban J connectivity index is 4.61. The lowest BCUT2D eigenvalue weighted by molar-refractivity contribution is -0.179. The Kier molecular flexibility index (Phi) is 5.63. The average molecular weight is 296 g/mol. The molecule has 112 valence electrons. The summed E-state index contributed by atoms with van der Waals surface area (Å²) in [6.07, 6.45) is -6.50. The molecule has 0 rings (SSSR count). The Bertz CT molecular complexity index is 331. The minimum absolute atomic E-state index is 0.398. The first-order valence-electron chi connectivity index (χ1n) is 4.80. The quantitative estimate of drug-likeness (QED) is 0.524. The van der Waals surface area contributed by atoms with Gasteiger partial charge in [0.05, 0.1) is 12.8 Å². The smallest absolute Gasteiger partial charge is 0.309 e. The van der Waals surface area contributed by atoms with Gasteiger partial charge in [-0.25, -0.2) is 26.3 Å². The van der Waals surface area contributed by atoms with Crippen LogP contribution in [0, 0.1) is 0 Å². The molecule has 0 aliphatic rings. The van der Waals surface area contributed by atoms with E-state index >= 15 is 0 Å². The number of aliphatic carboxylic acids is 1. The fourth-order valence-electron chi connectivity index (χ4n) is 1.31. The van der Waals surface area contributed by atoms with Crippen LogP contribution in [-0.4, -0.2) is 41.9 Å². The number of ether oxygens (including phenoxy) is 1. The third-order valence-electron chi connectivity index (χ3n) is 1.81. The van der Waals surface area contributed by atoms with Gasteiger partial charge in [0.25, 0.3) is 24.2 Å². The van der Waals surface area contributed by atoms with Crippen molar-refractivity contribution >= 4 is 12.4 Å². The molecule has 1 N–H and O–H groups in total. The van der Waals surface area contributed by atoms with Crippen LogP contribution in [0.3, 0.4) is 0 Å². The topological polar surface area (TPSA) is 63.6 Å². The molecule has 0 aromatic rings. The first kappa shape index (κ1) is 17.5. The molecule has 0 aliphatic carbocycles. The van der Waals surface area contributed by atoms with Gasteiger partial charge in [-0.05, 0) is 0 Å². The predicted molar refractivity (Wildman–Crippen MR) is 48.3 cm³/mol. The van der Waals surface area contributed by atoms with Crippen molar-refractivity contribution in [2.24, 2.45) is 0 Å². The zero-order valence-electron chi connectivity index (χ0n) is 9.35. The van der Waals surface area contributed by atoms with Crippen LogP contribution in [-0.2, 0) is 14.3 Å². The van der Waals surface area contributed by atoms with E-state index in [1.807, 2.05) is 0 Å². The van der Waals surface area contributed by atoms with E-state index in [9.17, 15) is 35.9 Å². The van der Waals surface area contributed by atoms with E-state index in [0.717, 1.165) is 0 Å². The van der Waals surface area contributed by atoms with Crippen LogP contribution in [0.15, 0.2) is 0 Å². The van der Waals surface area contributed by atoms with Crippen molar-refractivity contribution in [2.45, 2.75) is 37.0 Å². The molecule has 0 radical (unpaired) electrons. The van der Waals surface area contributed by atoms with E-state index in [2.05, 4.69) is 4.74 Å². The maximum absolute atomic E-state index is 13.0. The molecule has 0 fully saturated rings. The molecule has 0 unspecified atom stereocenters. The molecule has 0 heterocycles. The Morgan fingerprint density at radius 2 is 1.47 bits per heavy atom. The lowest BCUT2D eigenvalue weighted by Gasteiger charge is -2.25. The van der Waals surface area contributed by atoms with Gasteiger partial charge < -0.3 is 9.84 Å². The molecule has 19 heavy (non-hydrogen) atoms. The van der Waals surface area contributed by atoms with Gasteiger partial charge in [0, 0.05) is 0 Å². The van der Waals surface area contributed by atoms with Crippen molar-refractivity contribution in [3.05, 3.63) is 0 Å². The normalized spacial score (nSPS) is 13.2. The fourth-order valence-corrected chi connectivity index (χ4v) is 1.31. The summed E-state index contributed by atoms with van der Waals surface area (Å²) in [5.74, 6) is -15.0. The third kappa shape index (κ3) is 8.27. The average Bonchev–Trinajstić information content (AvgIpc) is 2.08. The Labute approximate surface area is 103 Å². The molecule has 0 spiro atoms. The second-order valence-corrected chi connectivity index (χ2v) is 3.90. The molecule has 0 saturated heterocycles. The zero-order chi connectivity index (χ0) is 15.3. The van der Waals surface area contributed by atoms with Crippen LogP contribution in [0.2, 0.25) is 0 Å². The molecule has 0 amide bonds. The maximum Gasteiger partial charge on any atom is 0.309 e. The number of carbonyl (C=O) groups excluding carboxylic acids is 1. The van der Waals surface area contributed by atoms with E-state index < -0.39 is 56.1 Å². The highest BCUT2D eigenvalue weighted by atomic mass is 19.3. The third-order valence-corrected chi connectivity index (χ3v) is 1.81. The lowest BCUT2D eigenvalue weighted by Crippen LogP contribution is -2.38. The minimum atomic E-state index is -4.51. The highest BCUT2D eigenvalue weighted by Gasteiger charge is 2.50. The molecule has 0 atom stereocenters. The summed E-state index contributed by atoms with van der Waals surface area (Å²) in [5, 5.41) is 8.06. The van der Waals surface area contributed by atoms with Gasteiger partial charge in [-0.3, -0.25) is 9.59 Å². The summed E-state index contributed by atoms with van der Waals surface area (Å²) in [5.41, 5.74) is 0. The number of alkyl halides is 6. The van der Waals surface area contributed by atoms with Gasteiger partial charge >= 0.3 is 5.97 Å². The number of halogens is 6. The van der Waals surface area contributed by atoms with Gasteiger partial charge in [0.15, 0.2) is 6.61 Å². The van der Waals surface area contributed by atoms with Gasteiger partial charge in [0.1, 0.15) is 6.42 Å². The summed E-state index contributed by atoms with van der Waals surface area (Å²) in [6, 6.07) is 0. The van der Waals surface area contributed by atoms with E-state index in [1.54, 1.807) is 0 Å². The summed E-state index contributed by atoms with van der Waals surface area (Å²) in [6.45, 7) is -2.07. The number of hydrogen-bond acceptors (Lipinski definition) is 3. The van der Waals surface area contributed by atoms with Crippen molar-refractivity contribution in [3.8, 4) is 0 Å². The van der Waals surface area contributed by atoms with Crippen LogP contribution >= 0.6 is 0 Å². The molecule has 0 aromatic carbocycles. The number of rotatable bonds is 9. The lowest BCUT2D eigenvalue weighted by atomic mass is 10.0. The summed E-state index contributed by atoms with van der Waals surface area (Å²) in [7, 11) is 0. The molecule has 10 heteroatoms. The Morgan fingerprint density at radius 1 is 1.00 bits per heavy atom. The Morgan fingerprint density at radius 3 is 1.89 bits per heavy atom. The maximum atomic E-state index is 13.0. The second kappa shape index (κ2) is 6.11. The van der Waals surface area contributed by atoms with Crippen molar-refractivity contribution in [1.29, 1.82) is 0 Å². The highest BCUT2D eigenvalue weighted by Crippen LogP contribution is 2.39. The van der Waals surface area contributed by atoms with E-state index in [1.165, 1.54) is 0 Å². The number of carbonyl (C=O) groups is 2. The highest BCUT2D eigenvalue weighted by molar-refractivity contribution is 5.67. The van der Waals surface area contributed by atoms with Crippen molar-refractivity contribution in [2.75, 3.05) is 6.61 Å². The minimum Gasteiger partial charge on any atom is -0.481 e. The van der Waals surface area contributed by atoms with Gasteiger partial charge in [0.2, 0.25) is 0 Å². The molecule has 0 saturated carbocycles. The van der Waals surface area contributed by atoms with Crippen LogP contribution in [0.5, 0.6) is 0 Å². The fraction of sp³-hybridized carbons (Fsp3) is 0.778. The first-order chi connectivity index (χ1) is 8.39. The molecule has 0 bridgehead atoms. The van der Waals surface area contributed by atoms with E-state index in [-0.39, 0.29) is 0 Å². The van der Waals surface area contributed by atoms with E-state index in [4.69, 9.17) is 5.11 Å². The Hall–Kier alpha value is -1.48. The van der Waals surface area contributed by atoms with Crippen molar-refractivity contribution in [1.82, 2.24) is 0 Å². The number of hydrogen-bond donors (Lipinski definition) is 1. The van der Waals surface area contributed by atoms with Crippen molar-refractivity contribution in [3.63, 3.8) is 0 Å². The van der Waals surface area contributed by atoms with Gasteiger partial charge in [-0.15, -0.1) is 0 Å². The largest absolute Gasteiger partial charge is 0.481 e. The second-order valence-electron chi connectivity index (χ2n) is 3.90. The molecular formula is C9H10F6O4. The predicted octanol–water partition coefficient (Wildman–Crippen LogP) is 2.32. The van der Waals surface area contributed by atoms with Crippen LogP contribution in [0.1, 0.15) is 19.3 Å². The standard InChI is InChI=1S/C9H10F6O4/c10-7(11,1-6(17)18)2-8(12,13)3-9(14,15)4-19-5-16/h5H,1-4H2,(H,17,18). The number of carboxylic acids is 1. The van der Waals surface area contributed by atoms with Gasteiger partial charge in [-0.2, -0.15) is 0 Å². The van der Waals surface area contributed by atoms with Crippen LogP contribution < -0.4 is 0 Å². The van der Waals surface area contributed by atoms with Gasteiger partial charge in [-0.1, -0.05) is 0 Å². The number of carboxylic acid groups (broad SMARTS) is 1. The molecule has 0 aliphatic heterocycles. The van der Waals surface area contributed by atoms with E-state index in [0.29, 0.717) is 0 Å². The van der Waals surface area contributed by atoms with Crippen molar-refractivity contribution < 1.29 is 45.8 Å². The summed E-state index contributed by atoms with van der Waals surface area (Å²) in [4.78, 5) is 19.6. The van der Waals surface area contributed by atoms with Crippen LogP contribution in [0.4, 0.5) is 26.3 Å². The monoisotopic (exact) mass is 296 g/mol. The molecular weight excluding hydrogens is 286 g/mol. The summed E-state index contributed by atoms with van der Waals surface area (Å²) >= 11 is 0. The first-order valence-corrected chi connectivity index (χ1v) is 4.80. The zero-order valence-corrected chi connectivity index (χ0v) is 9.35.